The van der Waals surface area contributed by atoms with Gasteiger partial charge in [-0.2, -0.15) is 0 Å². The molecular weight excluding hydrogens is 457 g/mol. The van der Waals surface area contributed by atoms with Crippen LogP contribution in [-0.4, -0.2) is 34.6 Å². The molecule has 1 aliphatic heterocycles. The van der Waals surface area contributed by atoms with Gasteiger partial charge in [0.15, 0.2) is 5.13 Å². The molecule has 0 radical (unpaired) electrons. The Morgan fingerprint density at radius 3 is 2.67 bits per heavy atom. The lowest BCUT2D eigenvalue weighted by Gasteiger charge is -2.46. The number of anilines is 4. The van der Waals surface area contributed by atoms with Crippen molar-refractivity contribution in [1.82, 2.24) is 9.97 Å². The zero-order chi connectivity index (χ0) is 23.0. The fraction of sp³-hybridized carbons (Fsp3) is 0.375. The number of carbonyl (C=O) groups is 1. The molecule has 6 nitrogen and oxygen atoms in total. The second-order valence-electron chi connectivity index (χ2n) is 8.64. The first-order chi connectivity index (χ1) is 15.9. The van der Waals surface area contributed by atoms with E-state index in [1.807, 2.05) is 56.4 Å². The van der Waals surface area contributed by atoms with Gasteiger partial charge in [-0.3, -0.25) is 4.79 Å². The van der Waals surface area contributed by atoms with Gasteiger partial charge in [0.05, 0.1) is 13.1 Å². The molecule has 0 unspecified atom stereocenters. The van der Waals surface area contributed by atoms with Crippen LogP contribution >= 0.6 is 23.1 Å². The van der Waals surface area contributed by atoms with Crippen LogP contribution in [0.5, 0.6) is 0 Å². The average molecular weight is 484 g/mol. The zero-order valence-electron chi connectivity index (χ0n) is 18.6. The molecule has 2 aliphatic rings. The van der Waals surface area contributed by atoms with Crippen molar-refractivity contribution in [2.75, 3.05) is 28.6 Å². The lowest BCUT2D eigenvalue weighted by molar-refractivity contribution is -0.115. The number of aryl methyl sites for hydroxylation is 1. The fourth-order valence-electron chi connectivity index (χ4n) is 3.92. The van der Waals surface area contributed by atoms with E-state index in [4.69, 9.17) is 4.98 Å². The maximum absolute atomic E-state index is 15.0. The highest BCUT2D eigenvalue weighted by atomic mass is 32.2. The minimum atomic E-state index is -1.05. The number of carbonyl (C=O) groups excluding carboxylic acids is 1. The largest absolute Gasteiger partial charge is 0.365 e. The van der Waals surface area contributed by atoms with Crippen LogP contribution in [0, 0.1) is 12.8 Å². The Balaban J connectivity index is 1.36. The number of hydrogen-bond acceptors (Lipinski definition) is 7. The number of benzene rings is 1. The highest BCUT2D eigenvalue weighted by Gasteiger charge is 2.54. The smallest absolute Gasteiger partial charge is 0.224 e. The summed E-state index contributed by atoms with van der Waals surface area (Å²) in [6.45, 7) is 4.72. The van der Waals surface area contributed by atoms with Crippen LogP contribution in [0.4, 0.5) is 26.7 Å². The Morgan fingerprint density at radius 2 is 2.03 bits per heavy atom. The summed E-state index contributed by atoms with van der Waals surface area (Å²) in [6, 6.07) is 11.7. The summed E-state index contributed by atoms with van der Waals surface area (Å²) in [7, 11) is 0. The number of nitrogens with one attached hydrogen (secondary N) is 2. The summed E-state index contributed by atoms with van der Waals surface area (Å²) in [4.78, 5) is 25.0. The Hall–Kier alpha value is -2.65. The molecule has 2 N–H and O–H groups in total. The van der Waals surface area contributed by atoms with E-state index in [9.17, 15) is 9.18 Å². The van der Waals surface area contributed by atoms with Gasteiger partial charge in [0, 0.05) is 39.8 Å². The number of hydrogen-bond donors (Lipinski definition) is 2. The van der Waals surface area contributed by atoms with Gasteiger partial charge in [-0.15, -0.1) is 11.3 Å². The molecule has 1 saturated carbocycles. The van der Waals surface area contributed by atoms with Crippen LogP contribution in [0.2, 0.25) is 0 Å². The maximum Gasteiger partial charge on any atom is 0.224 e. The molecule has 0 spiro atoms. The third kappa shape index (κ3) is 5.14. The predicted octanol–water partition coefficient (Wildman–Crippen LogP) is 6.03. The van der Waals surface area contributed by atoms with E-state index in [0.29, 0.717) is 25.3 Å². The van der Waals surface area contributed by atoms with E-state index in [2.05, 4.69) is 20.5 Å². The molecule has 3 aromatic rings. The lowest BCUT2D eigenvalue weighted by atomic mass is 9.90. The zero-order valence-corrected chi connectivity index (χ0v) is 20.2. The summed E-state index contributed by atoms with van der Waals surface area (Å²) in [5.74, 6) is 0.911. The first-order valence-electron chi connectivity index (χ1n) is 11.1. The molecule has 0 bridgehead atoms. The van der Waals surface area contributed by atoms with E-state index in [-0.39, 0.29) is 11.8 Å². The summed E-state index contributed by atoms with van der Waals surface area (Å²) in [6.07, 6.45) is 4.28. The van der Waals surface area contributed by atoms with Gasteiger partial charge >= 0.3 is 0 Å². The van der Waals surface area contributed by atoms with Crippen LogP contribution in [-0.2, 0) is 4.79 Å². The molecular formula is C24H26FN5OS2. The van der Waals surface area contributed by atoms with Crippen molar-refractivity contribution in [3.63, 3.8) is 0 Å². The van der Waals surface area contributed by atoms with Crippen LogP contribution in [0.15, 0.2) is 52.5 Å². The van der Waals surface area contributed by atoms with E-state index in [1.54, 1.807) is 11.3 Å². The number of halogens is 1. The highest BCUT2D eigenvalue weighted by molar-refractivity contribution is 7.99. The van der Waals surface area contributed by atoms with Crippen molar-refractivity contribution in [1.29, 1.82) is 0 Å². The quantitative estimate of drug-likeness (QED) is 0.408. The molecule has 1 aliphatic carbocycles. The molecule has 3 heterocycles. The number of rotatable bonds is 8. The van der Waals surface area contributed by atoms with Crippen LogP contribution in [0.3, 0.4) is 0 Å². The van der Waals surface area contributed by atoms with Crippen molar-refractivity contribution < 1.29 is 9.18 Å². The number of amides is 1. The van der Waals surface area contributed by atoms with Crippen LogP contribution in [0.25, 0.3) is 0 Å². The Bertz CT molecular complexity index is 1160. The molecule has 9 heteroatoms. The summed E-state index contributed by atoms with van der Waals surface area (Å²) < 4.78 is 15.0. The first kappa shape index (κ1) is 22.2. The maximum atomic E-state index is 15.0. The van der Waals surface area contributed by atoms with Crippen LogP contribution in [0.1, 0.15) is 31.1 Å². The van der Waals surface area contributed by atoms with Gasteiger partial charge in [0.25, 0.3) is 0 Å². The minimum absolute atomic E-state index is 0.0115. The van der Waals surface area contributed by atoms with Crippen molar-refractivity contribution in [2.24, 2.45) is 5.92 Å². The minimum Gasteiger partial charge on any atom is -0.365 e. The Kier molecular flexibility index (Phi) is 6.01. The van der Waals surface area contributed by atoms with Crippen molar-refractivity contribution >= 4 is 51.3 Å². The molecule has 1 amide bonds. The number of pyridine rings is 1. The first-order valence-corrected chi connectivity index (χ1v) is 12.8. The number of nitrogens with zero attached hydrogens (tertiary/aromatic N) is 3. The number of thiazole rings is 1. The van der Waals surface area contributed by atoms with Crippen molar-refractivity contribution in [2.45, 2.75) is 48.7 Å². The van der Waals surface area contributed by atoms with Crippen LogP contribution < -0.4 is 15.5 Å². The molecule has 0 atom stereocenters. The topological polar surface area (TPSA) is 70.2 Å². The third-order valence-corrected chi connectivity index (χ3v) is 7.66. The molecule has 2 fully saturated rings. The van der Waals surface area contributed by atoms with Gasteiger partial charge < -0.3 is 15.5 Å². The van der Waals surface area contributed by atoms with Gasteiger partial charge in [0.2, 0.25) is 5.91 Å². The lowest BCUT2D eigenvalue weighted by Crippen LogP contribution is -2.60. The van der Waals surface area contributed by atoms with Gasteiger partial charge in [-0.25, -0.2) is 14.4 Å². The van der Waals surface area contributed by atoms with E-state index in [0.717, 1.165) is 44.1 Å². The van der Waals surface area contributed by atoms with Crippen molar-refractivity contribution in [3.05, 3.63) is 47.5 Å². The van der Waals surface area contributed by atoms with E-state index >= 15 is 0 Å². The number of alkyl halides is 1. The molecule has 5 rings (SSSR count). The van der Waals surface area contributed by atoms with Gasteiger partial charge in [-0.05, 0) is 56.0 Å². The highest BCUT2D eigenvalue weighted by Crippen LogP contribution is 2.48. The number of aromatic nitrogens is 2. The molecule has 33 heavy (non-hydrogen) atoms. The predicted molar refractivity (Wildman–Crippen MR) is 133 cm³/mol. The second-order valence-corrected chi connectivity index (χ2v) is 11.0. The third-order valence-electron chi connectivity index (χ3n) is 5.91. The SMILES string of the molecule is CCC(=O)Nc1ccc(Sc2cc(N3CC(F)(C4CC4)C3)cc(Nc3ncc(C)s3)n2)cc1. The standard InChI is InChI=1S/C24H26FN5OS2/c1-3-21(31)27-17-6-8-19(9-7-17)33-22-11-18(30-13-24(25,14-30)16-4-5-16)10-20(28-22)29-23-26-12-15(2)32-23/h6-12,16H,3-5,13-14H2,1-2H3,(H,27,31)(H,26,28,29). The summed E-state index contributed by atoms with van der Waals surface area (Å²) >= 11 is 3.10. The normalized spacial score (nSPS) is 16.9. The molecule has 172 valence electrons. The van der Waals surface area contributed by atoms with Crippen molar-refractivity contribution in [3.8, 4) is 0 Å². The Morgan fingerprint density at radius 1 is 1.27 bits per heavy atom. The summed E-state index contributed by atoms with van der Waals surface area (Å²) in [5, 5.41) is 7.76. The van der Waals surface area contributed by atoms with E-state index < -0.39 is 5.67 Å². The average Bonchev–Trinajstić information content (AvgIpc) is 3.55. The molecule has 2 aromatic heterocycles. The van der Waals surface area contributed by atoms with Gasteiger partial charge in [0.1, 0.15) is 16.5 Å². The van der Waals surface area contributed by atoms with Gasteiger partial charge in [-0.1, -0.05) is 18.7 Å². The van der Waals surface area contributed by atoms with E-state index in [1.165, 1.54) is 11.8 Å². The Labute approximate surface area is 201 Å². The summed E-state index contributed by atoms with van der Waals surface area (Å²) in [5.41, 5.74) is 0.688. The monoisotopic (exact) mass is 483 g/mol. The fourth-order valence-corrected chi connectivity index (χ4v) is 5.43. The second kappa shape index (κ2) is 8.95. The molecule has 1 aromatic carbocycles. The molecule has 1 saturated heterocycles.